The summed E-state index contributed by atoms with van der Waals surface area (Å²) in [6.45, 7) is 4.38. The molecule has 1 amide bonds. The number of hydrogen-bond donors (Lipinski definition) is 1. The lowest BCUT2D eigenvalue weighted by Crippen LogP contribution is -2.46. The van der Waals surface area contributed by atoms with Crippen LogP contribution >= 0.6 is 0 Å². The van der Waals surface area contributed by atoms with Crippen LogP contribution in [0.2, 0.25) is 0 Å². The van der Waals surface area contributed by atoms with Gasteiger partial charge in [-0.3, -0.25) is 9.62 Å². The lowest BCUT2D eigenvalue weighted by atomic mass is 10.2. The molecule has 0 saturated carbocycles. The van der Waals surface area contributed by atoms with Crippen LogP contribution in [-0.2, 0) is 30.8 Å². The molecule has 2 heterocycles. The van der Waals surface area contributed by atoms with E-state index in [1.807, 2.05) is 0 Å². The van der Waals surface area contributed by atoms with Gasteiger partial charge in [-0.1, -0.05) is 12.1 Å². The average molecular weight is 614 g/mol. The first-order valence-corrected chi connectivity index (χ1v) is 15.2. The molecule has 0 bridgehead atoms. The van der Waals surface area contributed by atoms with Gasteiger partial charge in [-0.05, 0) is 69.3 Å². The van der Waals surface area contributed by atoms with E-state index in [-0.39, 0.29) is 22.2 Å². The Labute approximate surface area is 235 Å². The number of rotatable bonds is 6. The van der Waals surface area contributed by atoms with Gasteiger partial charge in [-0.15, -0.1) is 0 Å². The van der Waals surface area contributed by atoms with Crippen LogP contribution in [0, 0.1) is 0 Å². The number of benzene rings is 2. The molecule has 10 nitrogen and oxygen atoms in total. The Morgan fingerprint density at radius 1 is 1.05 bits per heavy atom. The van der Waals surface area contributed by atoms with Crippen molar-refractivity contribution in [1.82, 2.24) is 4.98 Å². The molecule has 2 aromatic carbocycles. The molecule has 1 atom stereocenters. The van der Waals surface area contributed by atoms with Crippen LogP contribution in [0.5, 0.6) is 5.75 Å². The van der Waals surface area contributed by atoms with E-state index in [1.54, 1.807) is 20.8 Å². The van der Waals surface area contributed by atoms with Gasteiger partial charge in [0.15, 0.2) is 14.9 Å². The summed E-state index contributed by atoms with van der Waals surface area (Å²) >= 11 is 0. The van der Waals surface area contributed by atoms with Gasteiger partial charge in [0.25, 0.3) is 10.0 Å². The summed E-state index contributed by atoms with van der Waals surface area (Å²) in [5.74, 6) is -0.738. The molecule has 1 aliphatic rings. The minimum atomic E-state index is -4.81. The zero-order chi connectivity index (χ0) is 30.2. The minimum absolute atomic E-state index is 0.0669. The predicted molar refractivity (Wildman–Crippen MR) is 143 cm³/mol. The Kier molecular flexibility index (Phi) is 7.97. The highest BCUT2D eigenvalue weighted by Gasteiger charge is 2.39. The van der Waals surface area contributed by atoms with Crippen molar-refractivity contribution in [3.05, 3.63) is 72.4 Å². The number of nitrogens with zero attached hydrogens (tertiary/aromatic N) is 2. The van der Waals surface area contributed by atoms with Crippen LogP contribution in [0.4, 0.5) is 29.3 Å². The molecule has 1 aromatic heterocycles. The second-order valence-corrected chi connectivity index (χ2v) is 13.9. The van der Waals surface area contributed by atoms with E-state index >= 15 is 0 Å². The number of sulfone groups is 1. The molecule has 0 spiro atoms. The van der Waals surface area contributed by atoms with Gasteiger partial charge >= 0.3 is 12.3 Å². The van der Waals surface area contributed by atoms with Crippen LogP contribution in [0.3, 0.4) is 0 Å². The van der Waals surface area contributed by atoms with Crippen molar-refractivity contribution in [3.63, 3.8) is 0 Å². The molecule has 220 valence electrons. The number of carbonyl (C=O) groups is 1. The van der Waals surface area contributed by atoms with Gasteiger partial charge in [0.2, 0.25) is 0 Å². The Balaban J connectivity index is 1.75. The molecule has 0 radical (unpaired) electrons. The number of aromatic nitrogens is 1. The topological polar surface area (TPSA) is 132 Å². The van der Waals surface area contributed by atoms with Gasteiger partial charge in [-0.25, -0.2) is 26.6 Å². The van der Waals surface area contributed by atoms with Crippen LogP contribution in [-0.4, -0.2) is 51.9 Å². The number of halogens is 3. The summed E-state index contributed by atoms with van der Waals surface area (Å²) < 4.78 is 105. The van der Waals surface area contributed by atoms with Gasteiger partial charge in [0.1, 0.15) is 17.5 Å². The van der Waals surface area contributed by atoms with Crippen LogP contribution < -0.4 is 14.4 Å². The quantitative estimate of drug-likeness (QED) is 0.416. The Hall–Kier alpha value is -3.85. The monoisotopic (exact) mass is 613 g/mol. The summed E-state index contributed by atoms with van der Waals surface area (Å²) in [6, 6.07) is 11.4. The van der Waals surface area contributed by atoms with Crippen molar-refractivity contribution in [2.24, 2.45) is 0 Å². The third-order valence-corrected chi connectivity index (χ3v) is 9.11. The zero-order valence-electron chi connectivity index (χ0n) is 22.0. The summed E-state index contributed by atoms with van der Waals surface area (Å²) in [4.78, 5) is 15.5. The number of sulfonamides is 1. The van der Waals surface area contributed by atoms with Crippen molar-refractivity contribution in [2.45, 2.75) is 48.6 Å². The predicted octanol–water partition coefficient (Wildman–Crippen LogP) is 4.88. The summed E-state index contributed by atoms with van der Waals surface area (Å²) in [7, 11) is -8.73. The zero-order valence-corrected chi connectivity index (χ0v) is 23.7. The molecular formula is C26H26F3N3O7S2. The molecule has 41 heavy (non-hydrogen) atoms. The number of carbonyl (C=O) groups excluding carboxylic acids is 1. The minimum Gasteiger partial charge on any atom is -0.485 e. The van der Waals surface area contributed by atoms with Crippen molar-refractivity contribution in [2.75, 3.05) is 21.9 Å². The van der Waals surface area contributed by atoms with E-state index in [0.717, 1.165) is 22.5 Å². The fourth-order valence-electron chi connectivity index (χ4n) is 3.95. The maximum absolute atomic E-state index is 13.8. The number of alkyl halides is 3. The number of pyridine rings is 1. The Morgan fingerprint density at radius 2 is 1.78 bits per heavy atom. The van der Waals surface area contributed by atoms with E-state index in [9.17, 15) is 34.8 Å². The van der Waals surface area contributed by atoms with Crippen molar-refractivity contribution in [3.8, 4) is 5.75 Å². The molecule has 15 heteroatoms. The molecular weight excluding hydrogens is 587 g/mol. The summed E-state index contributed by atoms with van der Waals surface area (Å²) in [5, 5.41) is 2.22. The largest absolute Gasteiger partial charge is 0.485 e. The molecule has 0 aliphatic carbocycles. The van der Waals surface area contributed by atoms with E-state index in [2.05, 4.69) is 10.3 Å². The first kappa shape index (κ1) is 30.1. The van der Waals surface area contributed by atoms with Crippen molar-refractivity contribution < 1.29 is 44.3 Å². The van der Waals surface area contributed by atoms with Gasteiger partial charge in [-0.2, -0.15) is 13.2 Å². The molecule has 0 saturated heterocycles. The molecule has 3 aromatic rings. The molecule has 1 N–H and O–H groups in total. The second-order valence-electron chi connectivity index (χ2n) is 10.1. The maximum Gasteiger partial charge on any atom is 0.416 e. The lowest BCUT2D eigenvalue weighted by molar-refractivity contribution is -0.137. The molecule has 1 aliphatic heterocycles. The maximum atomic E-state index is 13.8. The third-order valence-electron chi connectivity index (χ3n) is 5.65. The fraction of sp³-hybridized carbons (Fsp3) is 0.308. The van der Waals surface area contributed by atoms with Crippen LogP contribution in [0.1, 0.15) is 26.3 Å². The van der Waals surface area contributed by atoms with Crippen molar-refractivity contribution >= 4 is 37.3 Å². The van der Waals surface area contributed by atoms with Crippen LogP contribution in [0.25, 0.3) is 0 Å². The standard InChI is InChI=1S/C26H26F3N3O7S2/c1-25(2,3)39-24(33)31-18-10-11-22-21(14-18)32(41(36,37)20-8-6-7-17(13-20)26(27,28)29)15-19(38-22)16-40(34,35)23-9-4-5-12-30-23/h4-14,19H,15-16H2,1-3H3,(H,31,33)/t19-/m1/s1. The van der Waals surface area contributed by atoms with Gasteiger partial charge in [0, 0.05) is 11.9 Å². The number of fused-ring (bicyclic) bond motifs is 1. The van der Waals surface area contributed by atoms with Crippen LogP contribution in [0.15, 0.2) is 76.8 Å². The normalized spacial score (nSPS) is 16.0. The molecule has 0 unspecified atom stereocenters. The highest BCUT2D eigenvalue weighted by molar-refractivity contribution is 7.93. The second kappa shape index (κ2) is 10.9. The average Bonchev–Trinajstić information content (AvgIpc) is 2.87. The smallest absolute Gasteiger partial charge is 0.416 e. The van der Waals surface area contributed by atoms with E-state index in [4.69, 9.17) is 9.47 Å². The highest BCUT2D eigenvalue weighted by atomic mass is 32.2. The Bertz CT molecular complexity index is 1660. The number of amides is 1. The van der Waals surface area contributed by atoms with E-state index in [0.29, 0.717) is 6.07 Å². The Morgan fingerprint density at radius 3 is 2.41 bits per heavy atom. The van der Waals surface area contributed by atoms with Crippen molar-refractivity contribution in [1.29, 1.82) is 0 Å². The number of ether oxygens (including phenoxy) is 2. The van der Waals surface area contributed by atoms with Gasteiger partial charge in [0.05, 0.1) is 28.4 Å². The fourth-order valence-corrected chi connectivity index (χ4v) is 6.83. The SMILES string of the molecule is CC(C)(C)OC(=O)Nc1ccc2c(c1)N(S(=O)(=O)c1cccc(C(F)(F)F)c1)C[C@H](CS(=O)(=O)c1ccccn1)O2. The number of anilines is 2. The summed E-state index contributed by atoms with van der Waals surface area (Å²) in [6.07, 6.45) is -5.60. The van der Waals surface area contributed by atoms with Gasteiger partial charge < -0.3 is 9.47 Å². The lowest BCUT2D eigenvalue weighted by Gasteiger charge is -2.35. The van der Waals surface area contributed by atoms with E-state index < -0.39 is 66.6 Å². The third kappa shape index (κ3) is 7.08. The van der Waals surface area contributed by atoms with E-state index in [1.165, 1.54) is 42.6 Å². The highest BCUT2D eigenvalue weighted by Crippen LogP contribution is 2.40. The first-order valence-electron chi connectivity index (χ1n) is 12.1. The number of nitrogens with one attached hydrogen (secondary N) is 1. The molecule has 4 rings (SSSR count). The summed E-state index contributed by atoms with van der Waals surface area (Å²) in [5.41, 5.74) is -2.03. The number of hydrogen-bond acceptors (Lipinski definition) is 8. The first-order chi connectivity index (χ1) is 19.0. The molecule has 0 fully saturated rings.